The fourth-order valence-electron chi connectivity index (χ4n) is 2.99. The Hall–Kier alpha value is -3.13. The third-order valence-electron chi connectivity index (χ3n) is 4.61. The van der Waals surface area contributed by atoms with E-state index in [4.69, 9.17) is 14.2 Å². The summed E-state index contributed by atoms with van der Waals surface area (Å²) in [6.07, 6.45) is 3.90. The summed E-state index contributed by atoms with van der Waals surface area (Å²) >= 11 is 0. The summed E-state index contributed by atoms with van der Waals surface area (Å²) in [5, 5.41) is 5.73. The summed E-state index contributed by atoms with van der Waals surface area (Å²) in [5.41, 5.74) is 2.83. The van der Waals surface area contributed by atoms with Crippen LogP contribution in [-0.2, 0) is 27.3 Å². The summed E-state index contributed by atoms with van der Waals surface area (Å²) in [7, 11) is 1.62. The molecule has 0 saturated carbocycles. The fraction of sp³-hybridized carbons (Fsp3) is 0.409. The van der Waals surface area contributed by atoms with E-state index >= 15 is 0 Å². The number of aromatic nitrogens is 1. The van der Waals surface area contributed by atoms with E-state index in [-0.39, 0.29) is 11.8 Å². The Morgan fingerprint density at radius 3 is 2.83 bits per heavy atom. The number of hydrogen-bond acceptors (Lipinski definition) is 6. The Balaban J connectivity index is 1.32. The molecule has 2 heterocycles. The molecule has 1 aliphatic heterocycles. The standard InChI is InChI=1S/C22H27N3O5/c1-28-11-12-30-22-9-4-16(15-24-22)14-23-20(26)3-2-10-29-18-6-7-19-17(13-18)5-8-21(27)25-19/h4,6-7,9,13,15H,2-3,5,8,10-12,14H2,1H3,(H,23,26)(H,25,27). The predicted octanol–water partition coefficient (Wildman–Crippen LogP) is 2.47. The largest absolute Gasteiger partial charge is 0.494 e. The van der Waals surface area contributed by atoms with E-state index in [0.717, 1.165) is 29.0 Å². The van der Waals surface area contributed by atoms with Gasteiger partial charge in [0.1, 0.15) is 12.4 Å². The van der Waals surface area contributed by atoms with Crippen molar-refractivity contribution in [2.24, 2.45) is 0 Å². The van der Waals surface area contributed by atoms with Crippen LogP contribution >= 0.6 is 0 Å². The SMILES string of the molecule is COCCOc1ccc(CNC(=O)CCCOc2ccc3c(c2)CCC(=O)N3)cn1. The number of benzene rings is 1. The molecule has 8 nitrogen and oxygen atoms in total. The van der Waals surface area contributed by atoms with Crippen LogP contribution in [0.5, 0.6) is 11.6 Å². The Kier molecular flexibility index (Phi) is 8.02. The molecule has 160 valence electrons. The van der Waals surface area contributed by atoms with Gasteiger partial charge in [-0.3, -0.25) is 9.59 Å². The number of anilines is 1. The fourth-order valence-corrected chi connectivity index (χ4v) is 2.99. The molecule has 1 aromatic carbocycles. The highest BCUT2D eigenvalue weighted by atomic mass is 16.5. The van der Waals surface area contributed by atoms with E-state index in [0.29, 0.717) is 51.5 Å². The van der Waals surface area contributed by atoms with Gasteiger partial charge in [0.15, 0.2) is 0 Å². The summed E-state index contributed by atoms with van der Waals surface area (Å²) < 4.78 is 16.1. The zero-order valence-corrected chi connectivity index (χ0v) is 17.1. The van der Waals surface area contributed by atoms with Crippen LogP contribution in [0.3, 0.4) is 0 Å². The molecule has 0 fully saturated rings. The lowest BCUT2D eigenvalue weighted by molar-refractivity contribution is -0.121. The summed E-state index contributed by atoms with van der Waals surface area (Å²) in [4.78, 5) is 27.6. The second kappa shape index (κ2) is 11.2. The van der Waals surface area contributed by atoms with Crippen LogP contribution < -0.4 is 20.1 Å². The Morgan fingerprint density at radius 1 is 1.13 bits per heavy atom. The molecule has 0 radical (unpaired) electrons. The van der Waals surface area contributed by atoms with Crippen LogP contribution in [0.15, 0.2) is 36.5 Å². The number of amides is 2. The monoisotopic (exact) mass is 413 g/mol. The number of carbonyl (C=O) groups is 2. The summed E-state index contributed by atoms with van der Waals surface area (Å²) in [5.74, 6) is 1.30. The third kappa shape index (κ3) is 6.73. The molecular formula is C22H27N3O5. The normalized spacial score (nSPS) is 12.6. The maximum atomic E-state index is 12.0. The van der Waals surface area contributed by atoms with Crippen LogP contribution in [-0.4, -0.2) is 43.7 Å². The van der Waals surface area contributed by atoms with E-state index in [1.165, 1.54) is 0 Å². The Labute approximate surface area is 175 Å². The van der Waals surface area contributed by atoms with Gasteiger partial charge in [0.25, 0.3) is 0 Å². The van der Waals surface area contributed by atoms with Gasteiger partial charge in [-0.2, -0.15) is 0 Å². The molecule has 2 N–H and O–H groups in total. The maximum absolute atomic E-state index is 12.0. The van der Waals surface area contributed by atoms with Crippen molar-refractivity contribution >= 4 is 17.5 Å². The van der Waals surface area contributed by atoms with Crippen molar-refractivity contribution in [3.63, 3.8) is 0 Å². The third-order valence-corrected chi connectivity index (χ3v) is 4.61. The number of fused-ring (bicyclic) bond motifs is 1. The molecule has 1 aliphatic rings. The highest BCUT2D eigenvalue weighted by Gasteiger charge is 2.15. The zero-order chi connectivity index (χ0) is 21.2. The van der Waals surface area contributed by atoms with Crippen molar-refractivity contribution in [2.75, 3.05) is 32.2 Å². The number of carbonyl (C=O) groups excluding carboxylic acids is 2. The van der Waals surface area contributed by atoms with Crippen LogP contribution in [0.2, 0.25) is 0 Å². The number of aryl methyl sites for hydroxylation is 1. The van der Waals surface area contributed by atoms with E-state index in [1.807, 2.05) is 24.3 Å². The van der Waals surface area contributed by atoms with E-state index in [2.05, 4.69) is 15.6 Å². The minimum atomic E-state index is -0.0350. The van der Waals surface area contributed by atoms with Crippen LogP contribution in [0.25, 0.3) is 0 Å². The highest BCUT2D eigenvalue weighted by molar-refractivity contribution is 5.94. The lowest BCUT2D eigenvalue weighted by Gasteiger charge is -2.17. The maximum Gasteiger partial charge on any atom is 0.224 e. The second-order valence-electron chi connectivity index (χ2n) is 6.94. The van der Waals surface area contributed by atoms with Gasteiger partial charge >= 0.3 is 0 Å². The quantitative estimate of drug-likeness (QED) is 0.549. The highest BCUT2D eigenvalue weighted by Crippen LogP contribution is 2.26. The average molecular weight is 413 g/mol. The number of nitrogens with one attached hydrogen (secondary N) is 2. The molecular weight excluding hydrogens is 386 g/mol. The van der Waals surface area contributed by atoms with Gasteiger partial charge in [-0.25, -0.2) is 4.98 Å². The molecule has 0 bridgehead atoms. The minimum Gasteiger partial charge on any atom is -0.494 e. The Morgan fingerprint density at radius 2 is 2.03 bits per heavy atom. The molecule has 0 saturated heterocycles. The molecule has 0 atom stereocenters. The first-order valence-electron chi connectivity index (χ1n) is 10.0. The van der Waals surface area contributed by atoms with Gasteiger partial charge in [0.05, 0.1) is 13.2 Å². The zero-order valence-electron chi connectivity index (χ0n) is 17.1. The smallest absolute Gasteiger partial charge is 0.224 e. The van der Waals surface area contributed by atoms with Crippen LogP contribution in [0.1, 0.15) is 30.4 Å². The van der Waals surface area contributed by atoms with E-state index in [9.17, 15) is 9.59 Å². The molecule has 8 heteroatoms. The average Bonchev–Trinajstić information content (AvgIpc) is 2.76. The van der Waals surface area contributed by atoms with Gasteiger partial charge < -0.3 is 24.8 Å². The number of nitrogens with zero attached hydrogens (tertiary/aromatic N) is 1. The van der Waals surface area contributed by atoms with Crippen LogP contribution in [0.4, 0.5) is 5.69 Å². The first-order valence-corrected chi connectivity index (χ1v) is 10.0. The summed E-state index contributed by atoms with van der Waals surface area (Å²) in [6.45, 7) is 1.83. The molecule has 2 amide bonds. The molecule has 0 unspecified atom stereocenters. The van der Waals surface area contributed by atoms with Crippen molar-refractivity contribution in [1.82, 2.24) is 10.3 Å². The first-order chi connectivity index (χ1) is 14.6. The van der Waals surface area contributed by atoms with Gasteiger partial charge in [-0.1, -0.05) is 6.07 Å². The van der Waals surface area contributed by atoms with Gasteiger partial charge in [0, 0.05) is 44.4 Å². The molecule has 1 aromatic heterocycles. The number of rotatable bonds is 11. The molecule has 0 aliphatic carbocycles. The van der Waals surface area contributed by atoms with Crippen molar-refractivity contribution in [2.45, 2.75) is 32.2 Å². The molecule has 30 heavy (non-hydrogen) atoms. The van der Waals surface area contributed by atoms with Crippen LogP contribution in [0, 0.1) is 0 Å². The molecule has 0 spiro atoms. The number of ether oxygens (including phenoxy) is 3. The lowest BCUT2D eigenvalue weighted by atomic mass is 10.0. The van der Waals surface area contributed by atoms with Gasteiger partial charge in [-0.05, 0) is 42.2 Å². The molecule has 2 aromatic rings. The molecule has 3 rings (SSSR count). The predicted molar refractivity (Wildman–Crippen MR) is 112 cm³/mol. The number of methoxy groups -OCH3 is 1. The number of hydrogen-bond donors (Lipinski definition) is 2. The van der Waals surface area contributed by atoms with Crippen molar-refractivity contribution in [3.05, 3.63) is 47.7 Å². The second-order valence-corrected chi connectivity index (χ2v) is 6.94. The topological polar surface area (TPSA) is 98.8 Å². The summed E-state index contributed by atoms with van der Waals surface area (Å²) in [6, 6.07) is 9.28. The van der Waals surface area contributed by atoms with Crippen molar-refractivity contribution in [3.8, 4) is 11.6 Å². The van der Waals surface area contributed by atoms with Gasteiger partial charge in [0.2, 0.25) is 17.7 Å². The van der Waals surface area contributed by atoms with E-state index < -0.39 is 0 Å². The minimum absolute atomic E-state index is 0.0350. The van der Waals surface area contributed by atoms with E-state index in [1.54, 1.807) is 19.4 Å². The number of pyridine rings is 1. The van der Waals surface area contributed by atoms with Crippen molar-refractivity contribution < 1.29 is 23.8 Å². The first kappa shape index (κ1) is 21.6. The lowest BCUT2D eigenvalue weighted by Crippen LogP contribution is -2.23. The van der Waals surface area contributed by atoms with Crippen molar-refractivity contribution in [1.29, 1.82) is 0 Å². The van der Waals surface area contributed by atoms with Gasteiger partial charge in [-0.15, -0.1) is 0 Å². The Bertz CT molecular complexity index is 854.